The molecule has 63 heavy (non-hydrogen) atoms. The molecule has 2 aliphatic rings. The molecule has 0 spiro atoms. The van der Waals surface area contributed by atoms with E-state index in [4.69, 9.17) is 8.83 Å². The molecule has 2 aromatic carbocycles. The first kappa shape index (κ1) is 46.5. The van der Waals surface area contributed by atoms with E-state index in [-0.39, 0.29) is 65.7 Å². The first-order chi connectivity index (χ1) is 29.7. The summed E-state index contributed by atoms with van der Waals surface area (Å²) in [6.07, 6.45) is 2.48. The predicted molar refractivity (Wildman–Crippen MR) is 235 cm³/mol. The lowest BCUT2D eigenvalue weighted by atomic mass is 9.91. The Morgan fingerprint density at radius 1 is 0.794 bits per heavy atom. The van der Waals surface area contributed by atoms with Crippen LogP contribution in [0.25, 0.3) is 44.8 Å². The summed E-state index contributed by atoms with van der Waals surface area (Å²) in [5.41, 5.74) is 1.37. The van der Waals surface area contributed by atoms with Gasteiger partial charge in [-0.05, 0) is 62.6 Å². The number of nitrogens with one attached hydrogen (secondary N) is 2. The van der Waals surface area contributed by atoms with E-state index < -0.39 is 43.5 Å². The molecular formula is C43H48F2N6O10S2. The van der Waals surface area contributed by atoms with Crippen molar-refractivity contribution >= 4 is 65.7 Å². The van der Waals surface area contributed by atoms with E-state index in [1.165, 1.54) is 42.7 Å². The van der Waals surface area contributed by atoms with Crippen molar-refractivity contribution in [2.75, 3.05) is 55.5 Å². The van der Waals surface area contributed by atoms with E-state index in [2.05, 4.69) is 20.6 Å². The zero-order chi connectivity index (χ0) is 46.2. The van der Waals surface area contributed by atoms with Crippen LogP contribution in [0.5, 0.6) is 0 Å². The van der Waals surface area contributed by atoms with Gasteiger partial charge in [-0.25, -0.2) is 21.2 Å². The number of aromatic nitrogens is 2. The van der Waals surface area contributed by atoms with Gasteiger partial charge in [-0.2, -0.15) is 9.97 Å². The Labute approximate surface area is 363 Å². The van der Waals surface area contributed by atoms with Gasteiger partial charge in [-0.3, -0.25) is 22.6 Å². The largest absolute Gasteiger partial charge is 0.437 e. The van der Waals surface area contributed by atoms with Crippen molar-refractivity contribution in [1.29, 1.82) is 0 Å². The number of furan rings is 2. The third-order valence-corrected chi connectivity index (χ3v) is 13.3. The molecule has 8 rings (SSSR count). The minimum absolute atomic E-state index is 0.0445. The quantitative estimate of drug-likeness (QED) is 0.155. The molecule has 0 aliphatic carbocycles. The summed E-state index contributed by atoms with van der Waals surface area (Å²) >= 11 is 0. The molecule has 3 atom stereocenters. The highest BCUT2D eigenvalue weighted by molar-refractivity contribution is 7.92. The van der Waals surface area contributed by atoms with Crippen LogP contribution in [0.4, 0.5) is 20.4 Å². The molecule has 2 aliphatic heterocycles. The number of benzene rings is 2. The maximum absolute atomic E-state index is 13.4. The molecule has 0 saturated carbocycles. The van der Waals surface area contributed by atoms with Crippen LogP contribution in [0.2, 0.25) is 0 Å². The van der Waals surface area contributed by atoms with E-state index in [0.29, 0.717) is 64.4 Å². The van der Waals surface area contributed by atoms with Crippen LogP contribution in [0.1, 0.15) is 70.9 Å². The molecule has 0 saturated heterocycles. The number of hydrogen-bond donors (Lipinski definition) is 4. The number of alkyl halides is 1. The maximum Gasteiger partial charge on any atom is 0.255 e. The number of pyridine rings is 2. The van der Waals surface area contributed by atoms with Crippen LogP contribution >= 0.6 is 0 Å². The van der Waals surface area contributed by atoms with Gasteiger partial charge in [0.2, 0.25) is 31.5 Å². The fourth-order valence-corrected chi connectivity index (χ4v) is 9.54. The highest BCUT2D eigenvalue weighted by atomic mass is 32.2. The van der Waals surface area contributed by atoms with Gasteiger partial charge in [0, 0.05) is 55.4 Å². The first-order valence-electron chi connectivity index (χ1n) is 19.7. The minimum Gasteiger partial charge on any atom is -0.437 e. The average molecular weight is 911 g/mol. The predicted octanol–water partition coefficient (Wildman–Crippen LogP) is 5.84. The van der Waals surface area contributed by atoms with Gasteiger partial charge in [0.15, 0.2) is 5.82 Å². The lowest BCUT2D eigenvalue weighted by Crippen LogP contribution is -2.32. The Balaban J connectivity index is 0.000000202. The summed E-state index contributed by atoms with van der Waals surface area (Å²) in [6, 6.07) is 17.9. The van der Waals surface area contributed by atoms with Gasteiger partial charge >= 0.3 is 0 Å². The Bertz CT molecular complexity index is 2900. The van der Waals surface area contributed by atoms with Crippen molar-refractivity contribution in [1.82, 2.24) is 20.6 Å². The van der Waals surface area contributed by atoms with Gasteiger partial charge in [0.25, 0.3) is 11.8 Å². The summed E-state index contributed by atoms with van der Waals surface area (Å²) in [4.78, 5) is 34.4. The lowest BCUT2D eigenvalue weighted by molar-refractivity contribution is 0.0488. The number of halogens is 2. The van der Waals surface area contributed by atoms with Crippen LogP contribution in [0, 0.1) is 5.82 Å². The summed E-state index contributed by atoms with van der Waals surface area (Å²) in [5, 5.41) is 27.6. The molecule has 6 heterocycles. The Kier molecular flexibility index (Phi) is 13.3. The maximum atomic E-state index is 13.4. The molecule has 0 fully saturated rings. The molecule has 20 heteroatoms. The van der Waals surface area contributed by atoms with Crippen molar-refractivity contribution in [2.45, 2.75) is 50.7 Å². The van der Waals surface area contributed by atoms with Gasteiger partial charge < -0.3 is 29.7 Å². The lowest BCUT2D eigenvalue weighted by Gasteiger charge is -2.25. The molecule has 0 radical (unpaired) electrons. The van der Waals surface area contributed by atoms with Crippen LogP contribution in [-0.4, -0.2) is 102 Å². The van der Waals surface area contributed by atoms with E-state index in [9.17, 15) is 45.4 Å². The zero-order valence-electron chi connectivity index (χ0n) is 35.6. The van der Waals surface area contributed by atoms with Crippen molar-refractivity contribution in [3.63, 3.8) is 0 Å². The second kappa shape index (κ2) is 18.0. The molecule has 0 bridgehead atoms. The number of amides is 2. The molecule has 336 valence electrons. The standard InChI is InChI=1S/C21H22FN3O5S.C21H23N3O5S.CH3F/c1-21(27)9-4-10-25(31(3,28)29)18-15(21)11-14-16(19(26)23-2)17(30-20(14)24-18)12-5-7-13(22)8-6-12;1-12-14-11-15-17(20(26)22-2)18(13-7-5-4-6-8-13)29-21(15)23-19(14)24(30(3,27)28)10-9-16(12)25;1-2/h5-8,11,27H,4,9-10H2,1-3H3,(H,23,26);4-8,11-12,16,25H,9-10H2,1-3H3,(H,22,26);1H3. The van der Waals surface area contributed by atoms with Crippen LogP contribution in [0.15, 0.2) is 75.6 Å². The van der Waals surface area contributed by atoms with Gasteiger partial charge in [-0.1, -0.05) is 37.3 Å². The minimum atomic E-state index is -3.67. The zero-order valence-corrected chi connectivity index (χ0v) is 37.2. The fraction of sp³-hybridized carbons (Fsp3) is 0.349. The fourth-order valence-electron chi connectivity index (χ4n) is 7.73. The molecular weight excluding hydrogens is 863 g/mol. The Morgan fingerprint density at radius 2 is 1.29 bits per heavy atom. The number of anilines is 2. The molecule has 4 N–H and O–H groups in total. The smallest absolute Gasteiger partial charge is 0.255 e. The van der Waals surface area contributed by atoms with Gasteiger partial charge in [-0.15, -0.1) is 0 Å². The third kappa shape index (κ3) is 9.11. The average Bonchev–Trinajstić information content (AvgIpc) is 3.74. The number of carbonyl (C=O) groups excluding carboxylic acids is 2. The Morgan fingerprint density at radius 3 is 1.81 bits per heavy atom. The van der Waals surface area contributed by atoms with Crippen LogP contribution in [0.3, 0.4) is 0 Å². The highest BCUT2D eigenvalue weighted by Gasteiger charge is 2.38. The molecule has 6 aromatic rings. The van der Waals surface area contributed by atoms with Crippen LogP contribution < -0.4 is 19.2 Å². The normalized spacial score (nSPS) is 18.8. The SMILES string of the molecule is CF.CNC(=O)c1c(-c2ccc(F)cc2)oc2nc3c(cc12)C(C)(O)CCCN3S(C)(=O)=O.CNC(=O)c1c(-c2ccccc2)oc2nc3c(cc12)C(C)C(O)CCN3S(C)(=O)=O. The number of carbonyl (C=O) groups is 2. The number of aliphatic hydroxyl groups excluding tert-OH is 1. The van der Waals surface area contributed by atoms with Crippen molar-refractivity contribution in [3.05, 3.63) is 94.8 Å². The van der Waals surface area contributed by atoms with Gasteiger partial charge in [0.1, 0.15) is 23.2 Å². The van der Waals surface area contributed by atoms with E-state index in [0.717, 1.165) is 16.8 Å². The number of aliphatic hydroxyl groups is 2. The number of rotatable bonds is 6. The number of nitrogens with zero attached hydrogens (tertiary/aromatic N) is 4. The van der Waals surface area contributed by atoms with Crippen molar-refractivity contribution in [3.8, 4) is 22.6 Å². The van der Waals surface area contributed by atoms with Crippen molar-refractivity contribution < 1.29 is 54.3 Å². The third-order valence-electron chi connectivity index (χ3n) is 11.0. The molecule has 2 amide bonds. The van der Waals surface area contributed by atoms with E-state index in [1.807, 2.05) is 37.3 Å². The number of sulfonamides is 2. The van der Waals surface area contributed by atoms with Crippen LogP contribution in [-0.2, 0) is 25.6 Å². The molecule has 3 unspecified atom stereocenters. The highest BCUT2D eigenvalue weighted by Crippen LogP contribution is 2.43. The first-order valence-corrected chi connectivity index (χ1v) is 23.4. The van der Waals surface area contributed by atoms with E-state index >= 15 is 0 Å². The van der Waals surface area contributed by atoms with E-state index in [1.54, 1.807) is 19.1 Å². The Hall–Kier alpha value is -5.96. The molecule has 16 nitrogen and oxygen atoms in total. The summed E-state index contributed by atoms with van der Waals surface area (Å²) in [6.45, 7) is 3.69. The second-order valence-electron chi connectivity index (χ2n) is 15.3. The summed E-state index contributed by atoms with van der Waals surface area (Å²) < 4.78 is 86.7. The second-order valence-corrected chi connectivity index (χ2v) is 19.1. The molecule has 4 aromatic heterocycles. The number of fused-ring (bicyclic) bond motifs is 4. The summed E-state index contributed by atoms with van der Waals surface area (Å²) in [7, 11) is -3.78. The number of hydrogen-bond acceptors (Lipinski definition) is 12. The van der Waals surface area contributed by atoms with Crippen molar-refractivity contribution in [2.24, 2.45) is 0 Å². The monoisotopic (exact) mass is 910 g/mol. The van der Waals surface area contributed by atoms with Gasteiger partial charge in [0.05, 0.1) is 53.3 Å². The summed E-state index contributed by atoms with van der Waals surface area (Å²) in [5.74, 6) is -0.762. The topological polar surface area (TPSA) is 225 Å².